The number of hydrogen-bond donors (Lipinski definition) is 2. The lowest BCUT2D eigenvalue weighted by atomic mass is 10.1. The van der Waals surface area contributed by atoms with Gasteiger partial charge in [-0.05, 0) is 36.8 Å². The molecule has 1 heterocycles. The second kappa shape index (κ2) is 5.78. The smallest absolute Gasteiger partial charge is 0.242 e. The number of nitrogen functional groups attached to an aromatic ring is 1. The minimum Gasteiger partial charge on any atom is -0.384 e. The molecule has 0 aliphatic rings. The molecule has 0 saturated carbocycles. The molecule has 5 nitrogen and oxygen atoms in total. The first-order valence-electron chi connectivity index (χ1n) is 5.88. The number of rotatable bonds is 4. The van der Waals surface area contributed by atoms with Crippen molar-refractivity contribution < 1.29 is 8.42 Å². The van der Waals surface area contributed by atoms with Crippen molar-refractivity contribution in [3.63, 3.8) is 0 Å². The number of anilines is 1. The second-order valence-corrected chi connectivity index (χ2v) is 6.47. The van der Waals surface area contributed by atoms with Crippen LogP contribution in [0.2, 0.25) is 5.02 Å². The van der Waals surface area contributed by atoms with E-state index in [0.717, 1.165) is 5.56 Å². The normalized spacial score (nSPS) is 13.1. The summed E-state index contributed by atoms with van der Waals surface area (Å²) in [6.45, 7) is 1.74. The van der Waals surface area contributed by atoms with Gasteiger partial charge in [0, 0.05) is 17.3 Å². The second-order valence-electron chi connectivity index (χ2n) is 4.32. The first-order valence-corrected chi connectivity index (χ1v) is 7.74. The van der Waals surface area contributed by atoms with E-state index in [9.17, 15) is 8.42 Å². The Morgan fingerprint density at radius 1 is 1.30 bits per heavy atom. The number of sulfonamides is 1. The molecule has 0 radical (unpaired) electrons. The molecule has 0 fully saturated rings. The Hall–Kier alpha value is -1.63. The highest BCUT2D eigenvalue weighted by Gasteiger charge is 2.18. The van der Waals surface area contributed by atoms with E-state index in [4.69, 9.17) is 17.3 Å². The average molecular weight is 312 g/mol. The van der Waals surface area contributed by atoms with Crippen molar-refractivity contribution in [1.29, 1.82) is 0 Å². The lowest BCUT2D eigenvalue weighted by Crippen LogP contribution is -2.27. The Balaban J connectivity index is 2.22. The summed E-state index contributed by atoms with van der Waals surface area (Å²) >= 11 is 5.89. The van der Waals surface area contributed by atoms with Gasteiger partial charge in [-0.25, -0.2) is 18.1 Å². The van der Waals surface area contributed by atoms with Crippen LogP contribution in [0.1, 0.15) is 18.5 Å². The van der Waals surface area contributed by atoms with Crippen molar-refractivity contribution in [3.05, 3.63) is 53.2 Å². The SMILES string of the molecule is CC(NS(=O)(=O)c1ccc(N)nc1)c1cccc(Cl)c1. The lowest BCUT2D eigenvalue weighted by molar-refractivity contribution is 0.566. The van der Waals surface area contributed by atoms with Crippen molar-refractivity contribution in [2.75, 3.05) is 5.73 Å². The molecule has 20 heavy (non-hydrogen) atoms. The quantitative estimate of drug-likeness (QED) is 0.907. The molecule has 7 heteroatoms. The minimum absolute atomic E-state index is 0.0700. The summed E-state index contributed by atoms with van der Waals surface area (Å²) in [6.07, 6.45) is 1.22. The van der Waals surface area contributed by atoms with Crippen LogP contribution in [0.15, 0.2) is 47.5 Å². The van der Waals surface area contributed by atoms with Crippen LogP contribution in [0, 0.1) is 0 Å². The standard InChI is InChI=1S/C13H14ClN3O2S/c1-9(10-3-2-4-11(14)7-10)17-20(18,19)12-5-6-13(15)16-8-12/h2-9,17H,1H3,(H2,15,16). The number of aromatic nitrogens is 1. The maximum Gasteiger partial charge on any atom is 0.242 e. The van der Waals surface area contributed by atoms with Gasteiger partial charge in [-0.3, -0.25) is 0 Å². The van der Waals surface area contributed by atoms with Crippen LogP contribution in [0.4, 0.5) is 5.82 Å². The number of benzene rings is 1. The number of hydrogen-bond acceptors (Lipinski definition) is 4. The van der Waals surface area contributed by atoms with Gasteiger partial charge < -0.3 is 5.73 Å². The number of halogens is 1. The van der Waals surface area contributed by atoms with E-state index in [1.807, 2.05) is 0 Å². The van der Waals surface area contributed by atoms with Gasteiger partial charge in [0.1, 0.15) is 10.7 Å². The fourth-order valence-electron chi connectivity index (χ4n) is 1.70. The minimum atomic E-state index is -3.65. The van der Waals surface area contributed by atoms with Crippen molar-refractivity contribution >= 4 is 27.4 Å². The number of nitrogens with zero attached hydrogens (tertiary/aromatic N) is 1. The summed E-state index contributed by atoms with van der Waals surface area (Å²) in [7, 11) is -3.65. The Labute approximate surface area is 122 Å². The van der Waals surface area contributed by atoms with E-state index >= 15 is 0 Å². The Kier molecular flexibility index (Phi) is 4.27. The van der Waals surface area contributed by atoms with Crippen LogP contribution in [0.25, 0.3) is 0 Å². The molecule has 0 saturated heterocycles. The van der Waals surface area contributed by atoms with Crippen molar-refractivity contribution in [2.45, 2.75) is 17.9 Å². The van der Waals surface area contributed by atoms with Gasteiger partial charge in [0.05, 0.1) is 0 Å². The monoisotopic (exact) mass is 311 g/mol. The molecule has 0 aliphatic heterocycles. The first kappa shape index (κ1) is 14.8. The highest BCUT2D eigenvalue weighted by molar-refractivity contribution is 7.89. The third kappa shape index (κ3) is 3.47. The van der Waals surface area contributed by atoms with Gasteiger partial charge in [-0.15, -0.1) is 0 Å². The molecule has 0 amide bonds. The zero-order chi connectivity index (χ0) is 14.8. The fourth-order valence-corrected chi connectivity index (χ4v) is 3.07. The van der Waals surface area contributed by atoms with Gasteiger partial charge in [0.15, 0.2) is 0 Å². The first-order chi connectivity index (χ1) is 9.38. The Morgan fingerprint density at radius 3 is 2.65 bits per heavy atom. The summed E-state index contributed by atoms with van der Waals surface area (Å²) in [4.78, 5) is 3.85. The van der Waals surface area contributed by atoms with Crippen molar-refractivity contribution in [2.24, 2.45) is 0 Å². The Bertz CT molecular complexity index is 702. The third-order valence-corrected chi connectivity index (χ3v) is 4.51. The zero-order valence-electron chi connectivity index (χ0n) is 10.7. The number of nitrogens with one attached hydrogen (secondary N) is 1. The van der Waals surface area contributed by atoms with Crippen LogP contribution in [-0.2, 0) is 10.0 Å². The summed E-state index contributed by atoms with van der Waals surface area (Å²) in [5.74, 6) is 0.270. The van der Waals surface area contributed by atoms with E-state index in [1.165, 1.54) is 18.3 Å². The molecule has 1 unspecified atom stereocenters. The fraction of sp³-hybridized carbons (Fsp3) is 0.154. The number of nitrogens with two attached hydrogens (primary N) is 1. The molecule has 3 N–H and O–H groups in total. The summed E-state index contributed by atoms with van der Waals surface area (Å²) in [5, 5.41) is 0.558. The third-order valence-electron chi connectivity index (χ3n) is 2.75. The summed E-state index contributed by atoms with van der Waals surface area (Å²) < 4.78 is 26.9. The van der Waals surface area contributed by atoms with Gasteiger partial charge in [0.25, 0.3) is 0 Å². The molecule has 0 bridgehead atoms. The molecular formula is C13H14ClN3O2S. The topological polar surface area (TPSA) is 85.1 Å². The molecule has 0 aliphatic carbocycles. The van der Waals surface area contributed by atoms with Gasteiger partial charge in [-0.2, -0.15) is 0 Å². The van der Waals surface area contributed by atoms with Crippen LogP contribution in [0.3, 0.4) is 0 Å². The van der Waals surface area contributed by atoms with Gasteiger partial charge >= 0.3 is 0 Å². The summed E-state index contributed by atoms with van der Waals surface area (Å²) in [6, 6.07) is 9.48. The van der Waals surface area contributed by atoms with Crippen molar-refractivity contribution in [1.82, 2.24) is 9.71 Å². The average Bonchev–Trinajstić information content (AvgIpc) is 2.38. The van der Waals surface area contributed by atoms with Crippen molar-refractivity contribution in [3.8, 4) is 0 Å². The maximum atomic E-state index is 12.2. The maximum absolute atomic E-state index is 12.2. The van der Waals surface area contributed by atoms with Crippen LogP contribution in [-0.4, -0.2) is 13.4 Å². The zero-order valence-corrected chi connectivity index (χ0v) is 12.3. The highest BCUT2D eigenvalue weighted by atomic mass is 35.5. The number of pyridine rings is 1. The van der Waals surface area contributed by atoms with Crippen LogP contribution < -0.4 is 10.5 Å². The molecule has 2 aromatic rings. The predicted molar refractivity (Wildman–Crippen MR) is 78.8 cm³/mol. The van der Waals surface area contributed by atoms with E-state index in [2.05, 4.69) is 9.71 Å². The molecular weight excluding hydrogens is 298 g/mol. The van der Waals surface area contributed by atoms with E-state index in [-0.39, 0.29) is 10.7 Å². The molecule has 0 spiro atoms. The molecule has 1 aromatic carbocycles. The molecule has 1 atom stereocenters. The van der Waals surface area contributed by atoms with Crippen LogP contribution in [0.5, 0.6) is 0 Å². The highest BCUT2D eigenvalue weighted by Crippen LogP contribution is 2.19. The lowest BCUT2D eigenvalue weighted by Gasteiger charge is -2.14. The Morgan fingerprint density at radius 2 is 2.05 bits per heavy atom. The van der Waals surface area contributed by atoms with Crippen LogP contribution >= 0.6 is 11.6 Å². The molecule has 2 rings (SSSR count). The summed E-state index contributed by atoms with van der Waals surface area (Å²) in [5.41, 5.74) is 6.22. The van der Waals surface area contributed by atoms with E-state index < -0.39 is 16.1 Å². The van der Waals surface area contributed by atoms with E-state index in [0.29, 0.717) is 5.02 Å². The van der Waals surface area contributed by atoms with Gasteiger partial charge in [-0.1, -0.05) is 23.7 Å². The largest absolute Gasteiger partial charge is 0.384 e. The molecule has 106 valence electrons. The molecule has 1 aromatic heterocycles. The van der Waals surface area contributed by atoms with Gasteiger partial charge in [0.2, 0.25) is 10.0 Å². The van der Waals surface area contributed by atoms with E-state index in [1.54, 1.807) is 31.2 Å². The predicted octanol–water partition coefficient (Wildman–Crippen LogP) is 2.36.